The van der Waals surface area contributed by atoms with Crippen LogP contribution in [0.1, 0.15) is 26.2 Å². The SMILES string of the molecule is CONC(=O)C(C)C1=CCCC1. The number of nitrogens with one attached hydrogen (secondary N) is 1. The number of allylic oxidation sites excluding steroid dienone is 1. The molecule has 3 nitrogen and oxygen atoms in total. The van der Waals surface area contributed by atoms with Crippen LogP contribution in [0, 0.1) is 5.92 Å². The van der Waals surface area contributed by atoms with Crippen molar-refractivity contribution in [2.45, 2.75) is 26.2 Å². The van der Waals surface area contributed by atoms with Gasteiger partial charge in [0.25, 0.3) is 0 Å². The lowest BCUT2D eigenvalue weighted by Gasteiger charge is -2.11. The Bertz CT molecular complexity index is 199. The Labute approximate surface area is 72.7 Å². The van der Waals surface area contributed by atoms with Gasteiger partial charge in [-0.15, -0.1) is 0 Å². The van der Waals surface area contributed by atoms with Gasteiger partial charge in [0.15, 0.2) is 0 Å². The molecule has 1 unspecified atom stereocenters. The Balaban J connectivity index is 2.45. The van der Waals surface area contributed by atoms with Gasteiger partial charge in [0.05, 0.1) is 13.0 Å². The van der Waals surface area contributed by atoms with Crippen molar-refractivity contribution < 1.29 is 9.63 Å². The van der Waals surface area contributed by atoms with Crippen LogP contribution in [-0.4, -0.2) is 13.0 Å². The zero-order valence-corrected chi connectivity index (χ0v) is 7.59. The molecule has 0 saturated carbocycles. The van der Waals surface area contributed by atoms with E-state index in [9.17, 15) is 4.79 Å². The van der Waals surface area contributed by atoms with Crippen molar-refractivity contribution in [1.29, 1.82) is 0 Å². The van der Waals surface area contributed by atoms with Gasteiger partial charge in [-0.05, 0) is 26.2 Å². The number of amides is 1. The quantitative estimate of drug-likeness (QED) is 0.512. The Morgan fingerprint density at radius 1 is 1.75 bits per heavy atom. The van der Waals surface area contributed by atoms with Crippen molar-refractivity contribution in [3.63, 3.8) is 0 Å². The molecule has 0 fully saturated rings. The highest BCUT2D eigenvalue weighted by Gasteiger charge is 2.19. The van der Waals surface area contributed by atoms with Crippen LogP contribution in [0.5, 0.6) is 0 Å². The molecular formula is C9H15NO2. The molecule has 0 aromatic rings. The van der Waals surface area contributed by atoms with Crippen molar-refractivity contribution in [1.82, 2.24) is 5.48 Å². The van der Waals surface area contributed by atoms with E-state index in [2.05, 4.69) is 16.4 Å². The van der Waals surface area contributed by atoms with Gasteiger partial charge >= 0.3 is 0 Å². The maximum absolute atomic E-state index is 11.3. The minimum atomic E-state index is -0.0503. The Morgan fingerprint density at radius 2 is 2.50 bits per heavy atom. The van der Waals surface area contributed by atoms with Gasteiger partial charge in [-0.3, -0.25) is 9.63 Å². The van der Waals surface area contributed by atoms with E-state index >= 15 is 0 Å². The van der Waals surface area contributed by atoms with Gasteiger partial charge < -0.3 is 0 Å². The highest BCUT2D eigenvalue weighted by atomic mass is 16.6. The topological polar surface area (TPSA) is 38.3 Å². The first-order chi connectivity index (χ1) is 5.75. The summed E-state index contributed by atoms with van der Waals surface area (Å²) in [5.74, 6) is -0.0851. The van der Waals surface area contributed by atoms with Crippen molar-refractivity contribution in [2.75, 3.05) is 7.11 Å². The van der Waals surface area contributed by atoms with E-state index in [0.717, 1.165) is 12.8 Å². The largest absolute Gasteiger partial charge is 0.277 e. The molecule has 3 heteroatoms. The molecular weight excluding hydrogens is 154 g/mol. The van der Waals surface area contributed by atoms with Crippen LogP contribution in [0.25, 0.3) is 0 Å². The first-order valence-electron chi connectivity index (χ1n) is 4.27. The molecule has 0 aromatic carbocycles. The van der Waals surface area contributed by atoms with Crippen LogP contribution in [0.3, 0.4) is 0 Å². The van der Waals surface area contributed by atoms with Crippen LogP contribution in [0.2, 0.25) is 0 Å². The van der Waals surface area contributed by atoms with Crippen LogP contribution in [-0.2, 0) is 9.63 Å². The number of rotatable bonds is 3. The van der Waals surface area contributed by atoms with E-state index in [0.29, 0.717) is 0 Å². The fourth-order valence-corrected chi connectivity index (χ4v) is 1.45. The maximum atomic E-state index is 11.3. The van der Waals surface area contributed by atoms with Gasteiger partial charge in [-0.25, -0.2) is 5.48 Å². The maximum Gasteiger partial charge on any atom is 0.250 e. The third kappa shape index (κ3) is 2.08. The van der Waals surface area contributed by atoms with Crippen LogP contribution >= 0.6 is 0 Å². The van der Waals surface area contributed by atoms with Crippen molar-refractivity contribution >= 4 is 5.91 Å². The van der Waals surface area contributed by atoms with E-state index in [1.165, 1.54) is 19.1 Å². The van der Waals surface area contributed by atoms with E-state index in [4.69, 9.17) is 0 Å². The molecule has 0 spiro atoms. The summed E-state index contributed by atoms with van der Waals surface area (Å²) in [4.78, 5) is 15.8. The lowest BCUT2D eigenvalue weighted by molar-refractivity contribution is -0.133. The fourth-order valence-electron chi connectivity index (χ4n) is 1.45. The highest BCUT2D eigenvalue weighted by Crippen LogP contribution is 2.24. The van der Waals surface area contributed by atoms with Crippen LogP contribution in [0.4, 0.5) is 0 Å². The van der Waals surface area contributed by atoms with Gasteiger partial charge in [0, 0.05) is 0 Å². The first-order valence-corrected chi connectivity index (χ1v) is 4.27. The number of carbonyl (C=O) groups is 1. The van der Waals surface area contributed by atoms with E-state index < -0.39 is 0 Å². The number of hydrogen-bond acceptors (Lipinski definition) is 2. The molecule has 0 aromatic heterocycles. The summed E-state index contributed by atoms with van der Waals surface area (Å²) in [6, 6.07) is 0. The average Bonchev–Trinajstić information content (AvgIpc) is 2.55. The first kappa shape index (κ1) is 9.26. The predicted molar refractivity (Wildman–Crippen MR) is 46.2 cm³/mol. The van der Waals surface area contributed by atoms with E-state index in [1.54, 1.807) is 0 Å². The predicted octanol–water partition coefficient (Wildman–Crippen LogP) is 1.41. The van der Waals surface area contributed by atoms with Crippen molar-refractivity contribution in [3.05, 3.63) is 11.6 Å². The second kappa shape index (κ2) is 4.26. The average molecular weight is 169 g/mol. The van der Waals surface area contributed by atoms with Crippen molar-refractivity contribution in [3.8, 4) is 0 Å². The molecule has 0 radical (unpaired) electrons. The lowest BCUT2D eigenvalue weighted by atomic mass is 10.0. The van der Waals surface area contributed by atoms with E-state index in [1.807, 2.05) is 6.92 Å². The molecule has 68 valence electrons. The number of hydrogen-bond donors (Lipinski definition) is 1. The normalized spacial score (nSPS) is 18.7. The van der Waals surface area contributed by atoms with Crippen LogP contribution < -0.4 is 5.48 Å². The molecule has 0 heterocycles. The van der Waals surface area contributed by atoms with E-state index in [-0.39, 0.29) is 11.8 Å². The molecule has 1 rings (SSSR count). The smallest absolute Gasteiger partial charge is 0.250 e. The third-order valence-corrected chi connectivity index (χ3v) is 2.23. The summed E-state index contributed by atoms with van der Waals surface area (Å²) in [6.45, 7) is 1.91. The fraction of sp³-hybridized carbons (Fsp3) is 0.667. The van der Waals surface area contributed by atoms with Gasteiger partial charge in [-0.2, -0.15) is 0 Å². The third-order valence-electron chi connectivity index (χ3n) is 2.23. The zero-order valence-electron chi connectivity index (χ0n) is 7.59. The van der Waals surface area contributed by atoms with Crippen LogP contribution in [0.15, 0.2) is 11.6 Å². The molecule has 1 N–H and O–H groups in total. The molecule has 1 aliphatic rings. The number of hydroxylamine groups is 1. The number of carbonyl (C=O) groups excluding carboxylic acids is 1. The molecule has 0 bridgehead atoms. The minimum absolute atomic E-state index is 0.0348. The standard InChI is InChI=1S/C9H15NO2/c1-7(9(11)10-12-2)8-5-3-4-6-8/h5,7H,3-4,6H2,1-2H3,(H,10,11). The lowest BCUT2D eigenvalue weighted by Crippen LogP contribution is -2.28. The molecule has 0 aliphatic heterocycles. The molecule has 1 atom stereocenters. The molecule has 1 aliphatic carbocycles. The summed E-state index contributed by atoms with van der Waals surface area (Å²) in [5.41, 5.74) is 3.58. The second-order valence-corrected chi connectivity index (χ2v) is 3.06. The van der Waals surface area contributed by atoms with Gasteiger partial charge in [0.1, 0.15) is 0 Å². The summed E-state index contributed by atoms with van der Waals surface area (Å²) < 4.78 is 0. The molecule has 12 heavy (non-hydrogen) atoms. The Kier molecular flexibility index (Phi) is 3.29. The summed E-state index contributed by atoms with van der Waals surface area (Å²) in [6.07, 6.45) is 5.50. The monoisotopic (exact) mass is 169 g/mol. The molecule has 0 saturated heterocycles. The summed E-state index contributed by atoms with van der Waals surface area (Å²) in [7, 11) is 1.45. The molecule has 1 amide bonds. The van der Waals surface area contributed by atoms with Gasteiger partial charge in [-0.1, -0.05) is 11.6 Å². The summed E-state index contributed by atoms with van der Waals surface area (Å²) >= 11 is 0. The summed E-state index contributed by atoms with van der Waals surface area (Å²) in [5, 5.41) is 0. The second-order valence-electron chi connectivity index (χ2n) is 3.06. The van der Waals surface area contributed by atoms with Gasteiger partial charge in [0.2, 0.25) is 5.91 Å². The van der Waals surface area contributed by atoms with Crippen molar-refractivity contribution in [2.24, 2.45) is 5.92 Å². The Hall–Kier alpha value is -0.830. The Morgan fingerprint density at radius 3 is 3.00 bits per heavy atom. The zero-order chi connectivity index (χ0) is 8.97. The minimum Gasteiger partial charge on any atom is -0.277 e. The highest BCUT2D eigenvalue weighted by molar-refractivity contribution is 5.80.